The van der Waals surface area contributed by atoms with Crippen molar-refractivity contribution in [3.63, 3.8) is 0 Å². The number of hydrogen-bond acceptors (Lipinski definition) is 2. The molecule has 0 N–H and O–H groups in total. The Kier molecular flexibility index (Phi) is 4.24. The van der Waals surface area contributed by atoms with Crippen molar-refractivity contribution in [2.45, 2.75) is 38.2 Å². The molecule has 1 amide bonds. The van der Waals surface area contributed by atoms with E-state index >= 15 is 0 Å². The van der Waals surface area contributed by atoms with Crippen LogP contribution >= 0.6 is 0 Å². The maximum absolute atomic E-state index is 14.4. The fraction of sp³-hybridized carbons (Fsp3) is 0.412. The van der Waals surface area contributed by atoms with Crippen LogP contribution in [-0.2, 0) is 4.79 Å². The lowest BCUT2D eigenvalue weighted by molar-refractivity contribution is -0.121. The monoisotopic (exact) mass is 322 g/mol. The number of aromatic nitrogens is 1. The van der Waals surface area contributed by atoms with Crippen LogP contribution in [0.15, 0.2) is 24.4 Å². The minimum Gasteiger partial charge on any atom is -0.343 e. The molecule has 1 aliphatic rings. The zero-order valence-corrected chi connectivity index (χ0v) is 12.7. The van der Waals surface area contributed by atoms with Gasteiger partial charge in [-0.2, -0.15) is 0 Å². The van der Waals surface area contributed by atoms with E-state index in [1.165, 1.54) is 18.2 Å². The third-order valence-corrected chi connectivity index (χ3v) is 4.61. The van der Waals surface area contributed by atoms with E-state index in [0.717, 1.165) is 12.6 Å². The van der Waals surface area contributed by atoms with Gasteiger partial charge < -0.3 is 4.90 Å². The van der Waals surface area contributed by atoms with E-state index in [9.17, 15) is 18.0 Å². The predicted octanol–water partition coefficient (Wildman–Crippen LogP) is 4.04. The third-order valence-electron chi connectivity index (χ3n) is 4.61. The quantitative estimate of drug-likeness (QED) is 0.799. The average Bonchev–Trinajstić information content (AvgIpc) is 2.54. The van der Waals surface area contributed by atoms with Crippen molar-refractivity contribution >= 4 is 17.3 Å². The molecule has 2 heterocycles. The minimum absolute atomic E-state index is 0.0224. The Labute approximate surface area is 132 Å². The fourth-order valence-electron chi connectivity index (χ4n) is 3.37. The molecule has 0 aliphatic carbocycles. The molecule has 1 aromatic carbocycles. The molecule has 122 valence electrons. The highest BCUT2D eigenvalue weighted by atomic mass is 19.3. The smallest absolute Gasteiger partial charge is 0.263 e. The highest BCUT2D eigenvalue weighted by molar-refractivity contribution is 5.83. The van der Waals surface area contributed by atoms with Crippen LogP contribution in [0.5, 0.6) is 0 Å². The molecule has 0 spiro atoms. The summed E-state index contributed by atoms with van der Waals surface area (Å²) in [5.74, 6) is -0.469. The van der Waals surface area contributed by atoms with Crippen molar-refractivity contribution in [1.82, 2.24) is 9.88 Å². The molecule has 1 saturated heterocycles. The summed E-state index contributed by atoms with van der Waals surface area (Å²) in [7, 11) is 0. The van der Waals surface area contributed by atoms with E-state index in [0.29, 0.717) is 35.9 Å². The van der Waals surface area contributed by atoms with Gasteiger partial charge in [-0.15, -0.1) is 0 Å². The molecule has 1 fully saturated rings. The fourth-order valence-corrected chi connectivity index (χ4v) is 3.37. The molecule has 3 rings (SSSR count). The Morgan fingerprint density at radius 1 is 1.39 bits per heavy atom. The lowest BCUT2D eigenvalue weighted by atomic mass is 9.84. The third kappa shape index (κ3) is 2.90. The molecule has 0 radical (unpaired) electrons. The normalized spacial score (nSPS) is 21.9. The highest BCUT2D eigenvalue weighted by Gasteiger charge is 2.28. The van der Waals surface area contributed by atoms with Crippen LogP contribution in [0.25, 0.3) is 10.9 Å². The van der Waals surface area contributed by atoms with Gasteiger partial charge in [0.05, 0.1) is 11.7 Å². The van der Waals surface area contributed by atoms with Crippen molar-refractivity contribution < 1.29 is 18.0 Å². The molecule has 3 nitrogen and oxygen atoms in total. The largest absolute Gasteiger partial charge is 0.343 e. The summed E-state index contributed by atoms with van der Waals surface area (Å²) in [6.45, 7) is 2.49. The number of benzene rings is 1. The number of fused-ring (bicyclic) bond motifs is 1. The molecule has 23 heavy (non-hydrogen) atoms. The Hall–Kier alpha value is -2.11. The Morgan fingerprint density at radius 3 is 2.83 bits per heavy atom. The molecule has 6 heteroatoms. The number of rotatable bonds is 3. The molecular formula is C17H17F3N2O. The SMILES string of the molecule is C[C@@H]1CC(c2c(F)cnc3cc(C(F)F)ccc23)CCN1C=O. The molecule has 2 aromatic rings. The number of likely N-dealkylation sites (tertiary alicyclic amines) is 1. The molecule has 0 bridgehead atoms. The van der Waals surface area contributed by atoms with Gasteiger partial charge in [-0.3, -0.25) is 9.78 Å². The zero-order chi connectivity index (χ0) is 16.6. The molecule has 2 atom stereocenters. The predicted molar refractivity (Wildman–Crippen MR) is 80.9 cm³/mol. The van der Waals surface area contributed by atoms with Gasteiger partial charge in [0.1, 0.15) is 5.82 Å². The van der Waals surface area contributed by atoms with Crippen LogP contribution in [0.4, 0.5) is 13.2 Å². The van der Waals surface area contributed by atoms with Crippen molar-refractivity contribution in [3.8, 4) is 0 Å². The number of amides is 1. The van der Waals surface area contributed by atoms with Crippen LogP contribution in [0.2, 0.25) is 0 Å². The van der Waals surface area contributed by atoms with Crippen LogP contribution in [0, 0.1) is 5.82 Å². The maximum Gasteiger partial charge on any atom is 0.263 e. The van der Waals surface area contributed by atoms with E-state index in [4.69, 9.17) is 0 Å². The molecule has 1 unspecified atom stereocenters. The van der Waals surface area contributed by atoms with Gasteiger partial charge in [-0.1, -0.05) is 12.1 Å². The van der Waals surface area contributed by atoms with Crippen molar-refractivity contribution in [2.75, 3.05) is 6.54 Å². The number of piperidine rings is 1. The first kappa shape index (κ1) is 15.8. The highest BCUT2D eigenvalue weighted by Crippen LogP contribution is 2.37. The number of alkyl halides is 2. The van der Waals surface area contributed by atoms with Crippen molar-refractivity contribution in [3.05, 3.63) is 41.3 Å². The zero-order valence-electron chi connectivity index (χ0n) is 12.7. The summed E-state index contributed by atoms with van der Waals surface area (Å²) in [5.41, 5.74) is 0.782. The number of halogens is 3. The second kappa shape index (κ2) is 6.18. The topological polar surface area (TPSA) is 33.2 Å². The molecule has 1 aliphatic heterocycles. The average molecular weight is 322 g/mol. The van der Waals surface area contributed by atoms with Gasteiger partial charge in [0, 0.05) is 29.1 Å². The summed E-state index contributed by atoms with van der Waals surface area (Å²) in [6.07, 6.45) is 0.632. The second-order valence-electron chi connectivity index (χ2n) is 6.01. The molecule has 0 saturated carbocycles. The summed E-state index contributed by atoms with van der Waals surface area (Å²) < 4.78 is 40.0. The number of pyridine rings is 1. The van der Waals surface area contributed by atoms with Crippen LogP contribution < -0.4 is 0 Å². The van der Waals surface area contributed by atoms with Gasteiger partial charge in [0.2, 0.25) is 6.41 Å². The van der Waals surface area contributed by atoms with E-state index in [-0.39, 0.29) is 17.5 Å². The second-order valence-corrected chi connectivity index (χ2v) is 6.01. The summed E-state index contributed by atoms with van der Waals surface area (Å²) in [6, 6.07) is 4.18. The van der Waals surface area contributed by atoms with Gasteiger partial charge >= 0.3 is 0 Å². The number of carbonyl (C=O) groups is 1. The van der Waals surface area contributed by atoms with Gasteiger partial charge in [0.25, 0.3) is 6.43 Å². The lowest BCUT2D eigenvalue weighted by Crippen LogP contribution is -2.39. The lowest BCUT2D eigenvalue weighted by Gasteiger charge is -2.35. The first-order valence-electron chi connectivity index (χ1n) is 7.58. The van der Waals surface area contributed by atoms with Crippen molar-refractivity contribution in [1.29, 1.82) is 0 Å². The van der Waals surface area contributed by atoms with Gasteiger partial charge in [-0.25, -0.2) is 13.2 Å². The number of carbonyl (C=O) groups excluding carboxylic acids is 1. The van der Waals surface area contributed by atoms with E-state index in [1.807, 2.05) is 6.92 Å². The Balaban J connectivity index is 2.03. The summed E-state index contributed by atoms with van der Waals surface area (Å²) in [5, 5.41) is 0.575. The van der Waals surface area contributed by atoms with E-state index < -0.39 is 12.2 Å². The minimum atomic E-state index is -2.58. The Bertz CT molecular complexity index is 735. The van der Waals surface area contributed by atoms with Gasteiger partial charge in [0.15, 0.2) is 0 Å². The van der Waals surface area contributed by atoms with Crippen LogP contribution in [0.1, 0.15) is 43.2 Å². The van der Waals surface area contributed by atoms with Crippen LogP contribution in [0.3, 0.4) is 0 Å². The van der Waals surface area contributed by atoms with E-state index in [2.05, 4.69) is 4.98 Å². The Morgan fingerprint density at radius 2 is 2.17 bits per heavy atom. The number of nitrogens with zero attached hydrogens (tertiary/aromatic N) is 2. The van der Waals surface area contributed by atoms with E-state index in [1.54, 1.807) is 4.90 Å². The first-order chi connectivity index (χ1) is 11.0. The summed E-state index contributed by atoms with van der Waals surface area (Å²) >= 11 is 0. The summed E-state index contributed by atoms with van der Waals surface area (Å²) in [4.78, 5) is 16.6. The molecular weight excluding hydrogens is 305 g/mol. The maximum atomic E-state index is 14.4. The molecule has 1 aromatic heterocycles. The standard InChI is InChI=1S/C17H17F3N2O/c1-10-6-11(4-5-22(10)9-23)16-13-3-2-12(17(19)20)7-15(13)21-8-14(16)18/h2-3,7-11,17H,4-6H2,1H3/t10-,11?/m1/s1. The first-order valence-corrected chi connectivity index (χ1v) is 7.58. The van der Waals surface area contributed by atoms with Gasteiger partial charge in [-0.05, 0) is 31.7 Å². The van der Waals surface area contributed by atoms with Crippen LogP contribution in [-0.4, -0.2) is 28.9 Å². The van der Waals surface area contributed by atoms with Crippen molar-refractivity contribution in [2.24, 2.45) is 0 Å². The number of hydrogen-bond donors (Lipinski definition) is 0.